The number of methoxy groups -OCH3 is 1. The van der Waals surface area contributed by atoms with Crippen LogP contribution in [-0.2, 0) is 4.74 Å². The molecule has 0 radical (unpaired) electrons. The molecule has 0 fully saturated rings. The summed E-state index contributed by atoms with van der Waals surface area (Å²) in [5.74, 6) is 4.60. The maximum absolute atomic E-state index is 11.3. The molecule has 0 aliphatic heterocycles. The molecule has 18 heavy (non-hydrogen) atoms. The number of nitrogens with zero attached hydrogens (tertiary/aromatic N) is 1. The van der Waals surface area contributed by atoms with Crippen LogP contribution < -0.4 is 0 Å². The first-order chi connectivity index (χ1) is 8.58. The second-order valence-electron chi connectivity index (χ2n) is 3.29. The minimum absolute atomic E-state index is 0.0694. The van der Waals surface area contributed by atoms with Gasteiger partial charge < -0.3 is 9.84 Å². The molecule has 94 valence electrons. The fourth-order valence-corrected chi connectivity index (χ4v) is 1.24. The summed E-state index contributed by atoms with van der Waals surface area (Å²) in [6.45, 7) is -0.0915. The standard InChI is InChI=1S/C12H11NO5/c1-18-12(15)10-6-9(4-2-3-5-14)7-11(8-10)13(16)17/h6-8,14H,3,5H2,1H3. The first kappa shape index (κ1) is 13.7. The van der Waals surface area contributed by atoms with Crippen molar-refractivity contribution in [2.75, 3.05) is 13.7 Å². The Hall–Kier alpha value is -2.39. The molecule has 0 aliphatic carbocycles. The van der Waals surface area contributed by atoms with Gasteiger partial charge in [0.1, 0.15) is 0 Å². The molecule has 6 nitrogen and oxygen atoms in total. The number of carbonyl (C=O) groups is 1. The number of nitro benzene ring substituents is 1. The lowest BCUT2D eigenvalue weighted by atomic mass is 10.1. The van der Waals surface area contributed by atoms with Gasteiger partial charge in [-0.15, -0.1) is 0 Å². The van der Waals surface area contributed by atoms with Gasteiger partial charge in [0.05, 0.1) is 24.2 Å². The minimum atomic E-state index is -0.663. The number of aliphatic hydroxyl groups excluding tert-OH is 1. The fraction of sp³-hybridized carbons (Fsp3) is 0.250. The van der Waals surface area contributed by atoms with Crippen molar-refractivity contribution in [2.45, 2.75) is 6.42 Å². The van der Waals surface area contributed by atoms with Crippen LogP contribution in [0.25, 0.3) is 0 Å². The fourth-order valence-electron chi connectivity index (χ4n) is 1.24. The van der Waals surface area contributed by atoms with E-state index in [2.05, 4.69) is 16.6 Å². The summed E-state index contributed by atoms with van der Waals surface area (Å²) < 4.78 is 4.50. The van der Waals surface area contributed by atoms with E-state index in [0.717, 1.165) is 6.07 Å². The summed E-state index contributed by atoms with van der Waals surface area (Å²) in [4.78, 5) is 21.4. The quantitative estimate of drug-likeness (QED) is 0.375. The highest BCUT2D eigenvalue weighted by Crippen LogP contribution is 2.17. The number of rotatable bonds is 3. The Bertz CT molecular complexity index is 527. The SMILES string of the molecule is COC(=O)c1cc(C#CCCO)cc([N+](=O)[O-])c1. The van der Waals surface area contributed by atoms with Crippen LogP contribution in [0.3, 0.4) is 0 Å². The Labute approximate surface area is 103 Å². The van der Waals surface area contributed by atoms with Crippen LogP contribution in [0.5, 0.6) is 0 Å². The van der Waals surface area contributed by atoms with Gasteiger partial charge in [0.15, 0.2) is 0 Å². The highest BCUT2D eigenvalue weighted by Gasteiger charge is 2.14. The van der Waals surface area contributed by atoms with Crippen molar-refractivity contribution >= 4 is 11.7 Å². The Morgan fingerprint density at radius 2 is 2.22 bits per heavy atom. The van der Waals surface area contributed by atoms with Crippen LogP contribution in [0.2, 0.25) is 0 Å². The maximum atomic E-state index is 11.3. The molecular weight excluding hydrogens is 238 g/mol. The number of benzene rings is 1. The van der Waals surface area contributed by atoms with Crippen LogP contribution >= 0.6 is 0 Å². The Morgan fingerprint density at radius 3 is 2.78 bits per heavy atom. The zero-order valence-electron chi connectivity index (χ0n) is 9.67. The molecule has 0 atom stereocenters. The molecule has 0 unspecified atom stereocenters. The highest BCUT2D eigenvalue weighted by molar-refractivity contribution is 5.90. The normalized spacial score (nSPS) is 9.22. The largest absolute Gasteiger partial charge is 0.465 e. The van der Waals surface area contributed by atoms with Crippen LogP contribution in [0.15, 0.2) is 18.2 Å². The molecule has 1 N–H and O–H groups in total. The van der Waals surface area contributed by atoms with E-state index >= 15 is 0 Å². The second kappa shape index (κ2) is 6.37. The van der Waals surface area contributed by atoms with Gasteiger partial charge >= 0.3 is 5.97 Å². The number of hydrogen-bond donors (Lipinski definition) is 1. The molecule has 1 aromatic rings. The summed E-state index contributed by atoms with van der Waals surface area (Å²) in [6.07, 6.45) is 0.260. The Kier molecular flexibility index (Phi) is 4.84. The average Bonchev–Trinajstić information content (AvgIpc) is 2.37. The van der Waals surface area contributed by atoms with Gasteiger partial charge in [0.2, 0.25) is 0 Å². The summed E-state index contributed by atoms with van der Waals surface area (Å²) in [5.41, 5.74) is 0.171. The van der Waals surface area contributed by atoms with E-state index in [1.54, 1.807) is 0 Å². The van der Waals surface area contributed by atoms with E-state index in [1.165, 1.54) is 19.2 Å². The predicted molar refractivity (Wildman–Crippen MR) is 63.0 cm³/mol. The van der Waals surface area contributed by atoms with Gasteiger partial charge in [-0.25, -0.2) is 4.79 Å². The van der Waals surface area contributed by atoms with Crippen molar-refractivity contribution < 1.29 is 19.6 Å². The molecule has 0 amide bonds. The van der Waals surface area contributed by atoms with Crippen LogP contribution in [0, 0.1) is 22.0 Å². The van der Waals surface area contributed by atoms with E-state index in [0.29, 0.717) is 5.56 Å². The van der Waals surface area contributed by atoms with Crippen molar-refractivity contribution in [3.63, 3.8) is 0 Å². The van der Waals surface area contributed by atoms with Crippen molar-refractivity contribution in [1.29, 1.82) is 0 Å². The third kappa shape index (κ3) is 3.57. The molecule has 1 aromatic carbocycles. The highest BCUT2D eigenvalue weighted by atomic mass is 16.6. The monoisotopic (exact) mass is 249 g/mol. The number of hydrogen-bond acceptors (Lipinski definition) is 5. The van der Waals surface area contributed by atoms with Gasteiger partial charge in [-0.1, -0.05) is 11.8 Å². The molecule has 1 rings (SSSR count). The van der Waals surface area contributed by atoms with Gasteiger partial charge in [-0.3, -0.25) is 10.1 Å². The zero-order chi connectivity index (χ0) is 13.5. The minimum Gasteiger partial charge on any atom is -0.465 e. The first-order valence-electron chi connectivity index (χ1n) is 5.06. The number of ether oxygens (including phenoxy) is 1. The first-order valence-corrected chi connectivity index (χ1v) is 5.06. The van der Waals surface area contributed by atoms with Crippen LogP contribution in [0.4, 0.5) is 5.69 Å². The van der Waals surface area contributed by atoms with E-state index in [9.17, 15) is 14.9 Å². The number of esters is 1. The van der Waals surface area contributed by atoms with Crippen molar-refractivity contribution in [3.05, 3.63) is 39.4 Å². The third-order valence-corrected chi connectivity index (χ3v) is 2.02. The number of non-ortho nitro benzene ring substituents is 1. The smallest absolute Gasteiger partial charge is 0.338 e. The lowest BCUT2D eigenvalue weighted by Crippen LogP contribution is -2.03. The molecule has 0 heterocycles. The number of nitro groups is 1. The summed E-state index contributed by atoms with van der Waals surface area (Å²) in [7, 11) is 1.19. The molecule has 0 aromatic heterocycles. The van der Waals surface area contributed by atoms with Gasteiger partial charge in [-0.2, -0.15) is 0 Å². The number of aliphatic hydroxyl groups is 1. The Morgan fingerprint density at radius 1 is 1.50 bits per heavy atom. The summed E-state index contributed by atoms with van der Waals surface area (Å²) >= 11 is 0. The van der Waals surface area contributed by atoms with Gasteiger partial charge in [0, 0.05) is 24.1 Å². The van der Waals surface area contributed by atoms with E-state index < -0.39 is 10.9 Å². The molecule has 6 heteroatoms. The summed E-state index contributed by atoms with van der Waals surface area (Å²) in [5, 5.41) is 19.3. The maximum Gasteiger partial charge on any atom is 0.338 e. The molecule has 0 spiro atoms. The van der Waals surface area contributed by atoms with E-state index in [-0.39, 0.29) is 24.3 Å². The molecular formula is C12H11NO5. The molecule has 0 saturated carbocycles. The third-order valence-electron chi connectivity index (χ3n) is 2.02. The molecule has 0 saturated heterocycles. The molecule has 0 aliphatic rings. The van der Waals surface area contributed by atoms with Crippen molar-refractivity contribution in [3.8, 4) is 11.8 Å². The van der Waals surface area contributed by atoms with Crippen LogP contribution in [-0.4, -0.2) is 29.7 Å². The van der Waals surface area contributed by atoms with Crippen LogP contribution in [0.1, 0.15) is 22.3 Å². The van der Waals surface area contributed by atoms with Gasteiger partial charge in [-0.05, 0) is 6.07 Å². The summed E-state index contributed by atoms with van der Waals surface area (Å²) in [6, 6.07) is 3.79. The number of carbonyl (C=O) groups excluding carboxylic acids is 1. The Balaban J connectivity index is 3.19. The topological polar surface area (TPSA) is 89.7 Å². The lowest BCUT2D eigenvalue weighted by molar-refractivity contribution is -0.384. The van der Waals surface area contributed by atoms with Gasteiger partial charge in [0.25, 0.3) is 5.69 Å². The van der Waals surface area contributed by atoms with E-state index in [1.807, 2.05) is 0 Å². The predicted octanol–water partition coefficient (Wildman–Crippen LogP) is 1.12. The van der Waals surface area contributed by atoms with Crippen molar-refractivity contribution in [1.82, 2.24) is 0 Å². The lowest BCUT2D eigenvalue weighted by Gasteiger charge is -2.00. The van der Waals surface area contributed by atoms with E-state index in [4.69, 9.17) is 5.11 Å². The zero-order valence-corrected chi connectivity index (χ0v) is 9.67. The average molecular weight is 249 g/mol. The van der Waals surface area contributed by atoms with Crippen molar-refractivity contribution in [2.24, 2.45) is 0 Å². The molecule has 0 bridgehead atoms. The second-order valence-corrected chi connectivity index (χ2v) is 3.29.